The smallest absolute Gasteiger partial charge is 0.264 e. The number of nitrogens with zero attached hydrogens (tertiary/aromatic N) is 2. The van der Waals surface area contributed by atoms with Crippen molar-refractivity contribution in [3.05, 3.63) is 83.9 Å². The number of aryl methyl sites for hydroxylation is 2. The molecule has 2 amide bonds. The fraction of sp³-hybridized carbons (Fsp3) is 0.200. The molecule has 170 valence electrons. The van der Waals surface area contributed by atoms with Crippen molar-refractivity contribution < 1.29 is 18.0 Å². The van der Waals surface area contributed by atoms with Crippen LogP contribution in [0.2, 0.25) is 0 Å². The van der Waals surface area contributed by atoms with Crippen molar-refractivity contribution in [2.45, 2.75) is 25.2 Å². The van der Waals surface area contributed by atoms with Gasteiger partial charge in [-0.1, -0.05) is 55.0 Å². The van der Waals surface area contributed by atoms with E-state index in [4.69, 9.17) is 0 Å². The number of sulfonamides is 1. The van der Waals surface area contributed by atoms with Gasteiger partial charge in [0.15, 0.2) is 0 Å². The third kappa shape index (κ3) is 4.47. The Kier molecular flexibility index (Phi) is 6.20. The quantitative estimate of drug-likeness (QED) is 0.603. The summed E-state index contributed by atoms with van der Waals surface area (Å²) in [6.07, 6.45) is 0.596. The van der Waals surface area contributed by atoms with E-state index in [1.807, 2.05) is 26.0 Å². The fourth-order valence-corrected chi connectivity index (χ4v) is 5.31. The molecule has 1 aliphatic rings. The van der Waals surface area contributed by atoms with Crippen LogP contribution in [0.1, 0.15) is 18.1 Å². The maximum Gasteiger partial charge on any atom is 0.264 e. The van der Waals surface area contributed by atoms with Crippen LogP contribution in [-0.4, -0.2) is 33.3 Å². The molecule has 1 aliphatic heterocycles. The molecular formula is C25H25N3O4S. The maximum absolute atomic E-state index is 13.7. The highest BCUT2D eigenvalue weighted by Gasteiger charge is 2.33. The normalized spacial score (nSPS) is 13.3. The predicted octanol–water partition coefficient (Wildman–Crippen LogP) is 3.74. The van der Waals surface area contributed by atoms with Crippen molar-refractivity contribution in [3.63, 3.8) is 0 Å². The second kappa shape index (κ2) is 9.07. The molecule has 0 unspecified atom stereocenters. The average Bonchev–Trinajstić information content (AvgIpc) is 2.82. The third-order valence-electron chi connectivity index (χ3n) is 5.60. The van der Waals surface area contributed by atoms with E-state index in [2.05, 4.69) is 5.32 Å². The molecule has 1 N–H and O–H groups in total. The molecule has 3 aromatic carbocycles. The molecule has 4 rings (SSSR count). The minimum Gasteiger partial charge on any atom is -0.323 e. The van der Waals surface area contributed by atoms with E-state index in [-0.39, 0.29) is 17.3 Å². The number of carbonyl (C=O) groups excluding carboxylic acids is 2. The largest absolute Gasteiger partial charge is 0.323 e. The summed E-state index contributed by atoms with van der Waals surface area (Å²) in [5.74, 6) is -0.817. The number of benzene rings is 3. The number of nitrogens with one attached hydrogen (secondary N) is 1. The van der Waals surface area contributed by atoms with Gasteiger partial charge < -0.3 is 5.32 Å². The molecule has 0 atom stereocenters. The Morgan fingerprint density at radius 2 is 1.67 bits per heavy atom. The molecule has 1 heterocycles. The number of fused-ring (bicyclic) bond motifs is 1. The summed E-state index contributed by atoms with van der Waals surface area (Å²) >= 11 is 0. The number of amides is 2. The molecule has 0 spiro atoms. The molecule has 3 aromatic rings. The number of carbonyl (C=O) groups is 2. The monoisotopic (exact) mass is 463 g/mol. The zero-order chi connectivity index (χ0) is 23.6. The van der Waals surface area contributed by atoms with Gasteiger partial charge in [-0.05, 0) is 49.2 Å². The zero-order valence-electron chi connectivity index (χ0n) is 18.5. The summed E-state index contributed by atoms with van der Waals surface area (Å²) in [6.45, 7) is 3.20. The van der Waals surface area contributed by atoms with Crippen LogP contribution in [0.15, 0.2) is 77.7 Å². The van der Waals surface area contributed by atoms with E-state index in [1.165, 1.54) is 4.90 Å². The predicted molar refractivity (Wildman–Crippen MR) is 129 cm³/mol. The summed E-state index contributed by atoms with van der Waals surface area (Å²) < 4.78 is 28.6. The lowest BCUT2D eigenvalue weighted by Crippen LogP contribution is -2.48. The maximum atomic E-state index is 13.7. The summed E-state index contributed by atoms with van der Waals surface area (Å²) in [4.78, 5) is 27.1. The zero-order valence-corrected chi connectivity index (χ0v) is 19.3. The second-order valence-electron chi connectivity index (χ2n) is 7.85. The van der Waals surface area contributed by atoms with Crippen LogP contribution in [0.4, 0.5) is 17.1 Å². The van der Waals surface area contributed by atoms with Crippen molar-refractivity contribution in [2.75, 3.05) is 27.6 Å². The number of hydrogen-bond donors (Lipinski definition) is 1. The molecule has 0 aromatic heterocycles. The first-order chi connectivity index (χ1) is 15.8. The van der Waals surface area contributed by atoms with Crippen LogP contribution < -0.4 is 14.5 Å². The van der Waals surface area contributed by atoms with E-state index in [9.17, 15) is 18.0 Å². The Morgan fingerprint density at radius 1 is 1.00 bits per heavy atom. The van der Waals surface area contributed by atoms with E-state index in [1.54, 1.807) is 60.7 Å². The number of anilines is 3. The fourth-order valence-electron chi connectivity index (χ4n) is 3.85. The second-order valence-corrected chi connectivity index (χ2v) is 9.71. The molecule has 0 fully saturated rings. The van der Waals surface area contributed by atoms with E-state index in [0.29, 0.717) is 23.5 Å². The van der Waals surface area contributed by atoms with Gasteiger partial charge in [0.1, 0.15) is 13.1 Å². The number of para-hydroxylation sites is 3. The topological polar surface area (TPSA) is 86.8 Å². The van der Waals surface area contributed by atoms with Crippen molar-refractivity contribution in [1.82, 2.24) is 0 Å². The van der Waals surface area contributed by atoms with Crippen LogP contribution in [0.25, 0.3) is 0 Å². The summed E-state index contributed by atoms with van der Waals surface area (Å²) in [7, 11) is -4.04. The molecule has 0 aliphatic carbocycles. The molecule has 33 heavy (non-hydrogen) atoms. The summed E-state index contributed by atoms with van der Waals surface area (Å²) in [6, 6.07) is 20.6. The summed E-state index contributed by atoms with van der Waals surface area (Å²) in [5.41, 5.74) is 3.24. The first-order valence-electron chi connectivity index (χ1n) is 10.7. The summed E-state index contributed by atoms with van der Waals surface area (Å²) in [5, 5.41) is 2.74. The van der Waals surface area contributed by atoms with Gasteiger partial charge in [0.2, 0.25) is 11.8 Å². The minimum atomic E-state index is -4.04. The van der Waals surface area contributed by atoms with Gasteiger partial charge in [-0.3, -0.25) is 18.8 Å². The highest BCUT2D eigenvalue weighted by atomic mass is 32.2. The number of rotatable bonds is 6. The number of hydrogen-bond acceptors (Lipinski definition) is 4. The average molecular weight is 464 g/mol. The van der Waals surface area contributed by atoms with Crippen LogP contribution in [0.3, 0.4) is 0 Å². The lowest BCUT2D eigenvalue weighted by molar-refractivity contribution is -0.121. The molecule has 0 radical (unpaired) electrons. The lowest BCUT2D eigenvalue weighted by Gasteiger charge is -2.32. The van der Waals surface area contributed by atoms with Gasteiger partial charge in [0.05, 0.1) is 22.0 Å². The Morgan fingerprint density at radius 3 is 2.39 bits per heavy atom. The molecule has 0 saturated carbocycles. The van der Waals surface area contributed by atoms with E-state index >= 15 is 0 Å². The molecule has 0 saturated heterocycles. The highest BCUT2D eigenvalue weighted by Crippen LogP contribution is 2.31. The molecular weight excluding hydrogens is 438 g/mol. The van der Waals surface area contributed by atoms with E-state index in [0.717, 1.165) is 15.4 Å². The van der Waals surface area contributed by atoms with Crippen LogP contribution in [0.5, 0.6) is 0 Å². The van der Waals surface area contributed by atoms with Gasteiger partial charge in [0.25, 0.3) is 10.0 Å². The third-order valence-corrected chi connectivity index (χ3v) is 7.37. The molecule has 7 nitrogen and oxygen atoms in total. The Labute approximate surface area is 193 Å². The highest BCUT2D eigenvalue weighted by molar-refractivity contribution is 7.92. The van der Waals surface area contributed by atoms with Crippen molar-refractivity contribution in [3.8, 4) is 0 Å². The molecule has 0 bridgehead atoms. The van der Waals surface area contributed by atoms with Crippen molar-refractivity contribution in [1.29, 1.82) is 0 Å². The minimum absolute atomic E-state index is 0.101. The van der Waals surface area contributed by atoms with Crippen LogP contribution in [-0.2, 0) is 26.0 Å². The van der Waals surface area contributed by atoms with Gasteiger partial charge in [-0.2, -0.15) is 0 Å². The first-order valence-corrected chi connectivity index (χ1v) is 12.1. The Bertz CT molecular complexity index is 1300. The van der Waals surface area contributed by atoms with Crippen LogP contribution >= 0.6 is 0 Å². The SMILES string of the molecule is CCc1ccccc1N(CC(=O)N1CC(=O)Nc2ccccc21)S(=O)(=O)c1ccc(C)cc1. The van der Waals surface area contributed by atoms with E-state index < -0.39 is 22.5 Å². The van der Waals surface area contributed by atoms with Gasteiger partial charge in [-0.25, -0.2) is 8.42 Å². The Hall–Kier alpha value is -3.65. The van der Waals surface area contributed by atoms with Gasteiger partial charge in [-0.15, -0.1) is 0 Å². The van der Waals surface area contributed by atoms with Gasteiger partial charge in [0, 0.05) is 0 Å². The lowest BCUT2D eigenvalue weighted by atomic mass is 10.1. The first kappa shape index (κ1) is 22.5. The standard InChI is InChI=1S/C25H25N3O4S/c1-3-19-8-4-6-10-22(19)28(33(31,32)20-14-12-18(2)13-15-20)17-25(30)27-16-24(29)26-21-9-5-7-11-23(21)27/h4-15H,3,16-17H2,1-2H3,(H,26,29). The molecule has 8 heteroatoms. The van der Waals surface area contributed by atoms with Crippen molar-refractivity contribution >= 4 is 38.9 Å². The van der Waals surface area contributed by atoms with Crippen molar-refractivity contribution in [2.24, 2.45) is 0 Å². The van der Waals surface area contributed by atoms with Gasteiger partial charge >= 0.3 is 0 Å². The van der Waals surface area contributed by atoms with Crippen LogP contribution in [0, 0.1) is 6.92 Å². The Balaban J connectivity index is 1.77.